The summed E-state index contributed by atoms with van der Waals surface area (Å²) in [4.78, 5) is 17.6. The SMILES string of the molecule is O=c1[nH]cnc2c1c(F)cn2[C@@H]1O[C@H](CO)[C@@H](F)[C@H]1O. The molecule has 20 heavy (non-hydrogen) atoms. The first-order chi connectivity index (χ1) is 9.54. The van der Waals surface area contributed by atoms with E-state index < -0.39 is 42.6 Å². The van der Waals surface area contributed by atoms with Crippen molar-refractivity contribution in [1.29, 1.82) is 0 Å². The molecule has 0 amide bonds. The molecule has 0 saturated carbocycles. The normalized spacial score (nSPS) is 30.2. The molecule has 0 aromatic carbocycles. The minimum absolute atomic E-state index is 0.0684. The van der Waals surface area contributed by atoms with Crippen LogP contribution in [0.2, 0.25) is 0 Å². The van der Waals surface area contributed by atoms with Gasteiger partial charge in [-0.2, -0.15) is 0 Å². The summed E-state index contributed by atoms with van der Waals surface area (Å²) in [6.07, 6.45) is -3.90. The standard InChI is InChI=1S/C11H11F2N3O4/c12-4-1-16(9-6(4)10(19)15-3-14-9)11-8(18)7(13)5(2-17)20-11/h1,3,5,7-8,11,17-18H,2H2,(H,14,15,19)/t5-,7-,8-,11-/m1/s1. The number of hydrogen-bond donors (Lipinski definition) is 3. The third kappa shape index (κ3) is 1.74. The smallest absolute Gasteiger partial charge is 0.263 e. The van der Waals surface area contributed by atoms with Crippen molar-refractivity contribution in [3.8, 4) is 0 Å². The Balaban J connectivity index is 2.12. The summed E-state index contributed by atoms with van der Waals surface area (Å²) in [6.45, 7) is -0.621. The van der Waals surface area contributed by atoms with E-state index in [1.54, 1.807) is 0 Å². The Morgan fingerprint density at radius 1 is 1.55 bits per heavy atom. The summed E-state index contributed by atoms with van der Waals surface area (Å²) in [5.74, 6) is -0.854. The number of rotatable bonds is 2. The summed E-state index contributed by atoms with van der Waals surface area (Å²) < 4.78 is 33.6. The number of ether oxygens (including phenoxy) is 1. The van der Waals surface area contributed by atoms with Crippen LogP contribution in [0.15, 0.2) is 17.3 Å². The van der Waals surface area contributed by atoms with Crippen LogP contribution in [0.25, 0.3) is 11.0 Å². The van der Waals surface area contributed by atoms with Gasteiger partial charge in [-0.25, -0.2) is 13.8 Å². The largest absolute Gasteiger partial charge is 0.394 e. The van der Waals surface area contributed by atoms with E-state index in [0.29, 0.717) is 0 Å². The monoisotopic (exact) mass is 287 g/mol. The lowest BCUT2D eigenvalue weighted by atomic mass is 10.1. The first-order valence-electron chi connectivity index (χ1n) is 5.86. The molecule has 3 N–H and O–H groups in total. The molecule has 0 unspecified atom stereocenters. The molecule has 1 fully saturated rings. The topological polar surface area (TPSA) is 100 Å². The van der Waals surface area contributed by atoms with E-state index in [0.717, 1.165) is 17.1 Å². The zero-order chi connectivity index (χ0) is 14.4. The second kappa shape index (κ2) is 4.62. The van der Waals surface area contributed by atoms with Crippen molar-refractivity contribution < 1.29 is 23.7 Å². The number of fused-ring (bicyclic) bond motifs is 1. The van der Waals surface area contributed by atoms with Crippen molar-refractivity contribution in [2.24, 2.45) is 0 Å². The number of alkyl halides is 1. The fourth-order valence-electron chi connectivity index (χ4n) is 2.33. The van der Waals surface area contributed by atoms with Gasteiger partial charge in [0.15, 0.2) is 23.9 Å². The molecule has 7 nitrogen and oxygen atoms in total. The molecule has 0 bridgehead atoms. The summed E-state index contributed by atoms with van der Waals surface area (Å²) in [5.41, 5.74) is -0.754. The number of aromatic nitrogens is 3. The number of H-pyrrole nitrogens is 1. The first-order valence-corrected chi connectivity index (χ1v) is 5.86. The lowest BCUT2D eigenvalue weighted by molar-refractivity contribution is -0.0495. The molecule has 1 aliphatic heterocycles. The molecule has 2 aromatic rings. The number of nitrogens with zero attached hydrogens (tertiary/aromatic N) is 2. The Labute approximate surface area is 110 Å². The van der Waals surface area contributed by atoms with Crippen LogP contribution >= 0.6 is 0 Å². The molecule has 4 atom stereocenters. The molecule has 108 valence electrons. The zero-order valence-electron chi connectivity index (χ0n) is 10.0. The van der Waals surface area contributed by atoms with Gasteiger partial charge >= 0.3 is 0 Å². The minimum Gasteiger partial charge on any atom is -0.394 e. The van der Waals surface area contributed by atoms with E-state index in [1.165, 1.54) is 0 Å². The van der Waals surface area contributed by atoms with Crippen LogP contribution in [0.5, 0.6) is 0 Å². The Hall–Kier alpha value is -1.84. The van der Waals surface area contributed by atoms with Crippen molar-refractivity contribution in [3.63, 3.8) is 0 Å². The Morgan fingerprint density at radius 2 is 2.30 bits per heavy atom. The van der Waals surface area contributed by atoms with Crippen LogP contribution in [0.4, 0.5) is 8.78 Å². The van der Waals surface area contributed by atoms with Gasteiger partial charge in [-0.1, -0.05) is 0 Å². The minimum atomic E-state index is -1.81. The molecule has 1 aliphatic rings. The Bertz CT molecular complexity index is 701. The van der Waals surface area contributed by atoms with E-state index in [2.05, 4.69) is 9.97 Å². The summed E-state index contributed by atoms with van der Waals surface area (Å²) in [6, 6.07) is 0. The van der Waals surface area contributed by atoms with Gasteiger partial charge in [0.1, 0.15) is 17.6 Å². The molecular weight excluding hydrogens is 276 g/mol. The van der Waals surface area contributed by atoms with Crippen LogP contribution in [-0.2, 0) is 4.74 Å². The second-order valence-corrected chi connectivity index (χ2v) is 4.50. The van der Waals surface area contributed by atoms with Crippen molar-refractivity contribution in [1.82, 2.24) is 14.5 Å². The lowest BCUT2D eigenvalue weighted by Crippen LogP contribution is -2.29. The highest BCUT2D eigenvalue weighted by Crippen LogP contribution is 2.33. The van der Waals surface area contributed by atoms with Crippen molar-refractivity contribution in [2.75, 3.05) is 6.61 Å². The van der Waals surface area contributed by atoms with Gasteiger partial charge in [-0.3, -0.25) is 4.79 Å². The van der Waals surface area contributed by atoms with Crippen molar-refractivity contribution >= 4 is 11.0 Å². The van der Waals surface area contributed by atoms with Gasteiger partial charge in [0, 0.05) is 6.20 Å². The number of aliphatic hydroxyl groups is 2. The highest BCUT2D eigenvalue weighted by Gasteiger charge is 2.45. The maximum atomic E-state index is 13.8. The third-order valence-electron chi connectivity index (χ3n) is 3.31. The molecule has 3 heterocycles. The zero-order valence-corrected chi connectivity index (χ0v) is 10.0. The first kappa shape index (κ1) is 13.2. The summed E-state index contributed by atoms with van der Waals surface area (Å²) in [5, 5.41) is 18.4. The molecular formula is C11H11F2N3O4. The van der Waals surface area contributed by atoms with Gasteiger partial charge in [-0.05, 0) is 0 Å². The Kier molecular flexibility index (Phi) is 3.04. The van der Waals surface area contributed by atoms with E-state index in [9.17, 15) is 18.7 Å². The summed E-state index contributed by atoms with van der Waals surface area (Å²) >= 11 is 0. The fraction of sp³-hybridized carbons (Fsp3) is 0.455. The van der Waals surface area contributed by atoms with Crippen molar-refractivity contribution in [2.45, 2.75) is 24.6 Å². The predicted molar refractivity (Wildman–Crippen MR) is 62.2 cm³/mol. The van der Waals surface area contributed by atoms with Crippen LogP contribution in [0, 0.1) is 5.82 Å². The van der Waals surface area contributed by atoms with Crippen LogP contribution < -0.4 is 5.56 Å². The highest BCUT2D eigenvalue weighted by atomic mass is 19.1. The van der Waals surface area contributed by atoms with E-state index in [-0.39, 0.29) is 11.0 Å². The second-order valence-electron chi connectivity index (χ2n) is 4.50. The van der Waals surface area contributed by atoms with Gasteiger partial charge < -0.3 is 24.5 Å². The van der Waals surface area contributed by atoms with E-state index in [4.69, 9.17) is 9.84 Å². The number of aliphatic hydroxyl groups excluding tert-OH is 2. The van der Waals surface area contributed by atoms with Gasteiger partial charge in [0.25, 0.3) is 5.56 Å². The number of aromatic amines is 1. The Morgan fingerprint density at radius 3 is 2.95 bits per heavy atom. The van der Waals surface area contributed by atoms with Gasteiger partial charge in [0.05, 0.1) is 12.9 Å². The molecule has 3 rings (SSSR count). The maximum Gasteiger partial charge on any atom is 0.263 e. The summed E-state index contributed by atoms with van der Waals surface area (Å²) in [7, 11) is 0. The lowest BCUT2D eigenvalue weighted by Gasteiger charge is -2.16. The van der Waals surface area contributed by atoms with Crippen LogP contribution in [0.3, 0.4) is 0 Å². The number of hydrogen-bond acceptors (Lipinski definition) is 5. The molecule has 0 radical (unpaired) electrons. The third-order valence-corrected chi connectivity index (χ3v) is 3.31. The quantitative estimate of drug-likeness (QED) is 0.688. The van der Waals surface area contributed by atoms with Crippen LogP contribution in [-0.4, -0.2) is 49.7 Å². The van der Waals surface area contributed by atoms with Gasteiger partial charge in [-0.15, -0.1) is 0 Å². The molecule has 1 saturated heterocycles. The number of nitrogens with one attached hydrogen (secondary N) is 1. The molecule has 0 aliphatic carbocycles. The fourth-order valence-corrected chi connectivity index (χ4v) is 2.33. The maximum absolute atomic E-state index is 13.8. The van der Waals surface area contributed by atoms with E-state index >= 15 is 0 Å². The molecule has 0 spiro atoms. The highest BCUT2D eigenvalue weighted by molar-refractivity contribution is 5.75. The number of halogens is 2. The van der Waals surface area contributed by atoms with Gasteiger partial charge in [0.2, 0.25) is 0 Å². The average molecular weight is 287 g/mol. The average Bonchev–Trinajstić information content (AvgIpc) is 2.90. The molecule has 9 heteroatoms. The van der Waals surface area contributed by atoms with Crippen molar-refractivity contribution in [3.05, 3.63) is 28.7 Å². The van der Waals surface area contributed by atoms with Crippen LogP contribution in [0.1, 0.15) is 6.23 Å². The van der Waals surface area contributed by atoms with E-state index in [1.807, 2.05) is 0 Å². The predicted octanol–water partition coefficient (Wildman–Crippen LogP) is -0.548. The molecule has 2 aromatic heterocycles.